The van der Waals surface area contributed by atoms with Crippen LogP contribution < -0.4 is 0 Å². The molecule has 2 aromatic carbocycles. The number of nitrogens with zero attached hydrogens (tertiary/aromatic N) is 5. The average Bonchev–Trinajstić information content (AvgIpc) is 3.13. The van der Waals surface area contributed by atoms with Gasteiger partial charge in [-0.15, -0.1) is 4.91 Å². The van der Waals surface area contributed by atoms with Crippen LogP contribution in [0.2, 0.25) is 0 Å². The van der Waals surface area contributed by atoms with Gasteiger partial charge >= 0.3 is 0 Å². The molecule has 0 unspecified atom stereocenters. The van der Waals surface area contributed by atoms with Crippen molar-refractivity contribution in [2.75, 3.05) is 0 Å². The van der Waals surface area contributed by atoms with Gasteiger partial charge in [-0.25, -0.2) is 23.7 Å². The number of aromatic nitrogens is 4. The molecule has 0 aliphatic rings. The van der Waals surface area contributed by atoms with E-state index in [0.717, 1.165) is 23.8 Å². The number of benzene rings is 2. The molecule has 0 saturated heterocycles. The van der Waals surface area contributed by atoms with Crippen LogP contribution in [0.15, 0.2) is 65.3 Å². The van der Waals surface area contributed by atoms with Gasteiger partial charge in [0.25, 0.3) is 0 Å². The molecule has 140 valence electrons. The molecule has 0 bridgehead atoms. The van der Waals surface area contributed by atoms with Crippen LogP contribution in [0.1, 0.15) is 11.1 Å². The molecule has 0 spiro atoms. The van der Waals surface area contributed by atoms with E-state index in [4.69, 9.17) is 0 Å². The van der Waals surface area contributed by atoms with E-state index in [-0.39, 0.29) is 12.1 Å². The van der Waals surface area contributed by atoms with Crippen LogP contribution in [-0.4, -0.2) is 19.5 Å². The molecule has 4 rings (SSSR count). The summed E-state index contributed by atoms with van der Waals surface area (Å²) in [4.78, 5) is 23.4. The van der Waals surface area contributed by atoms with Crippen LogP contribution in [0, 0.1) is 16.5 Å². The second kappa shape index (κ2) is 7.81. The van der Waals surface area contributed by atoms with Crippen LogP contribution in [0.3, 0.4) is 0 Å². The third kappa shape index (κ3) is 3.74. The SMILES string of the molecule is O=Nc1ccc(CSc2ncnc3c2ncn3Cc2cc(F)ccc2F)cc1. The topological polar surface area (TPSA) is 73.0 Å². The first-order valence-electron chi connectivity index (χ1n) is 8.29. The Hall–Kier alpha value is -3.20. The summed E-state index contributed by atoms with van der Waals surface area (Å²) in [6, 6.07) is 10.3. The number of thioether (sulfide) groups is 1. The summed E-state index contributed by atoms with van der Waals surface area (Å²) < 4.78 is 29.0. The van der Waals surface area contributed by atoms with E-state index < -0.39 is 11.6 Å². The van der Waals surface area contributed by atoms with Gasteiger partial charge in [0.05, 0.1) is 12.9 Å². The predicted molar refractivity (Wildman–Crippen MR) is 102 cm³/mol. The van der Waals surface area contributed by atoms with Crippen molar-refractivity contribution < 1.29 is 8.78 Å². The van der Waals surface area contributed by atoms with E-state index in [2.05, 4.69) is 20.1 Å². The number of halogens is 2. The minimum absolute atomic E-state index is 0.112. The highest BCUT2D eigenvalue weighted by molar-refractivity contribution is 7.98. The maximum absolute atomic E-state index is 13.9. The second-order valence-electron chi connectivity index (χ2n) is 6.01. The number of imidazole rings is 1. The lowest BCUT2D eigenvalue weighted by molar-refractivity contribution is 0.578. The average molecular weight is 397 g/mol. The highest BCUT2D eigenvalue weighted by atomic mass is 32.2. The van der Waals surface area contributed by atoms with Crippen molar-refractivity contribution in [2.45, 2.75) is 17.3 Å². The summed E-state index contributed by atoms with van der Waals surface area (Å²) in [5.41, 5.74) is 2.74. The molecule has 2 aromatic heterocycles. The Morgan fingerprint density at radius 2 is 1.86 bits per heavy atom. The smallest absolute Gasteiger partial charge is 0.164 e. The van der Waals surface area contributed by atoms with Gasteiger partial charge in [0.15, 0.2) is 5.65 Å². The Kier molecular flexibility index (Phi) is 5.07. The summed E-state index contributed by atoms with van der Waals surface area (Å²) in [6.45, 7) is 0.112. The monoisotopic (exact) mass is 397 g/mol. The molecule has 0 aliphatic heterocycles. The van der Waals surface area contributed by atoms with E-state index in [1.54, 1.807) is 16.7 Å². The maximum Gasteiger partial charge on any atom is 0.164 e. The van der Waals surface area contributed by atoms with Crippen LogP contribution in [0.4, 0.5) is 14.5 Å². The molecule has 0 N–H and O–H groups in total. The highest BCUT2D eigenvalue weighted by Crippen LogP contribution is 2.27. The van der Waals surface area contributed by atoms with Crippen molar-refractivity contribution in [1.29, 1.82) is 0 Å². The molecule has 0 amide bonds. The van der Waals surface area contributed by atoms with Crippen molar-refractivity contribution >= 4 is 28.6 Å². The van der Waals surface area contributed by atoms with Crippen LogP contribution in [-0.2, 0) is 12.3 Å². The van der Waals surface area contributed by atoms with Gasteiger partial charge in [0, 0.05) is 11.3 Å². The van der Waals surface area contributed by atoms with Crippen LogP contribution >= 0.6 is 11.8 Å². The first kappa shape index (κ1) is 18.2. The van der Waals surface area contributed by atoms with Gasteiger partial charge in [-0.2, -0.15) is 0 Å². The fraction of sp³-hybridized carbons (Fsp3) is 0.105. The molecule has 4 aromatic rings. The lowest BCUT2D eigenvalue weighted by Gasteiger charge is -2.06. The largest absolute Gasteiger partial charge is 0.311 e. The molecule has 0 atom stereocenters. The Balaban J connectivity index is 1.57. The second-order valence-corrected chi connectivity index (χ2v) is 6.97. The standard InChI is InChI=1S/C19H13F2N5OS/c20-14-3-6-16(21)13(7-14)8-26-11-24-17-18(26)22-10-23-19(17)28-9-12-1-4-15(25-27)5-2-12/h1-7,10-11H,8-9H2. The molecule has 0 fully saturated rings. The van der Waals surface area contributed by atoms with Crippen molar-refractivity contribution in [2.24, 2.45) is 5.18 Å². The van der Waals surface area contributed by atoms with E-state index in [1.807, 2.05) is 12.1 Å². The van der Waals surface area contributed by atoms with Crippen LogP contribution in [0.5, 0.6) is 0 Å². The molecule has 0 radical (unpaired) electrons. The van der Waals surface area contributed by atoms with Gasteiger partial charge < -0.3 is 4.57 Å². The minimum Gasteiger partial charge on any atom is -0.311 e. The first-order valence-corrected chi connectivity index (χ1v) is 9.27. The zero-order valence-electron chi connectivity index (χ0n) is 14.4. The summed E-state index contributed by atoms with van der Waals surface area (Å²) in [5, 5.41) is 3.56. The van der Waals surface area contributed by atoms with E-state index in [1.165, 1.54) is 24.4 Å². The normalized spacial score (nSPS) is 11.1. The molecule has 0 saturated carbocycles. The number of fused-ring (bicyclic) bond motifs is 1. The summed E-state index contributed by atoms with van der Waals surface area (Å²) in [6.07, 6.45) is 2.96. The Morgan fingerprint density at radius 3 is 2.64 bits per heavy atom. The maximum atomic E-state index is 13.9. The third-order valence-electron chi connectivity index (χ3n) is 4.13. The van der Waals surface area contributed by atoms with E-state index in [0.29, 0.717) is 27.6 Å². The van der Waals surface area contributed by atoms with Crippen molar-refractivity contribution in [3.63, 3.8) is 0 Å². The Morgan fingerprint density at radius 1 is 1.04 bits per heavy atom. The zero-order chi connectivity index (χ0) is 19.5. The Bertz CT molecular complexity index is 1150. The predicted octanol–water partition coefficient (Wildman–Crippen LogP) is 4.84. The number of hydrogen-bond acceptors (Lipinski definition) is 6. The molecule has 0 aliphatic carbocycles. The van der Waals surface area contributed by atoms with E-state index in [9.17, 15) is 13.7 Å². The molecule has 2 heterocycles. The molecule has 9 heteroatoms. The summed E-state index contributed by atoms with van der Waals surface area (Å²) in [5.74, 6) is -0.362. The van der Waals surface area contributed by atoms with Gasteiger partial charge in [-0.1, -0.05) is 23.9 Å². The fourth-order valence-electron chi connectivity index (χ4n) is 2.73. The van der Waals surface area contributed by atoms with Crippen molar-refractivity contribution in [1.82, 2.24) is 19.5 Å². The minimum atomic E-state index is -0.498. The van der Waals surface area contributed by atoms with Crippen molar-refractivity contribution in [3.05, 3.63) is 82.8 Å². The summed E-state index contributed by atoms with van der Waals surface area (Å²) in [7, 11) is 0. The first-order chi connectivity index (χ1) is 13.6. The molecular formula is C19H13F2N5OS. The lowest BCUT2D eigenvalue weighted by Crippen LogP contribution is -2.02. The molecule has 28 heavy (non-hydrogen) atoms. The number of hydrogen-bond donors (Lipinski definition) is 0. The van der Waals surface area contributed by atoms with Crippen LogP contribution in [0.25, 0.3) is 11.2 Å². The van der Waals surface area contributed by atoms with Gasteiger partial charge in [-0.05, 0) is 41.1 Å². The number of rotatable bonds is 6. The lowest BCUT2D eigenvalue weighted by atomic mass is 10.2. The van der Waals surface area contributed by atoms with Gasteiger partial charge in [-0.3, -0.25) is 0 Å². The molecular weight excluding hydrogens is 384 g/mol. The fourth-order valence-corrected chi connectivity index (χ4v) is 3.63. The van der Waals surface area contributed by atoms with Crippen molar-refractivity contribution in [3.8, 4) is 0 Å². The number of nitroso groups, excluding NO2 is 1. The van der Waals surface area contributed by atoms with Gasteiger partial charge in [0.1, 0.15) is 34.2 Å². The third-order valence-corrected chi connectivity index (χ3v) is 5.18. The quantitative estimate of drug-likeness (QED) is 0.264. The van der Waals surface area contributed by atoms with Gasteiger partial charge in [0.2, 0.25) is 0 Å². The zero-order valence-corrected chi connectivity index (χ0v) is 15.2. The highest BCUT2D eigenvalue weighted by Gasteiger charge is 2.13. The molecule has 6 nitrogen and oxygen atoms in total. The Labute approximate surface area is 162 Å². The summed E-state index contributed by atoms with van der Waals surface area (Å²) >= 11 is 1.47. The van der Waals surface area contributed by atoms with E-state index >= 15 is 0 Å².